The van der Waals surface area contributed by atoms with Crippen LogP contribution in [0.4, 0.5) is 5.82 Å². The summed E-state index contributed by atoms with van der Waals surface area (Å²) in [7, 11) is 0. The van der Waals surface area contributed by atoms with E-state index in [4.69, 9.17) is 11.6 Å². The molecule has 2 heterocycles. The maximum absolute atomic E-state index is 12.4. The van der Waals surface area contributed by atoms with Gasteiger partial charge in [-0.3, -0.25) is 4.79 Å². The molecule has 1 fully saturated rings. The highest BCUT2D eigenvalue weighted by Gasteiger charge is 2.21. The lowest BCUT2D eigenvalue weighted by atomic mass is 10.3. The Balaban J connectivity index is 1.43. The summed E-state index contributed by atoms with van der Waals surface area (Å²) in [5, 5.41) is 0.749. The van der Waals surface area contributed by atoms with Gasteiger partial charge in [-0.25, -0.2) is 4.98 Å². The number of rotatable bonds is 5. The van der Waals surface area contributed by atoms with Crippen molar-refractivity contribution in [3.63, 3.8) is 0 Å². The van der Waals surface area contributed by atoms with E-state index in [2.05, 4.69) is 9.88 Å². The molecule has 1 amide bonds. The van der Waals surface area contributed by atoms with Crippen LogP contribution in [0.25, 0.3) is 0 Å². The van der Waals surface area contributed by atoms with Gasteiger partial charge >= 0.3 is 0 Å². The third-order valence-corrected chi connectivity index (χ3v) is 5.53. The fourth-order valence-electron chi connectivity index (χ4n) is 2.69. The highest BCUT2D eigenvalue weighted by molar-refractivity contribution is 7.99. The van der Waals surface area contributed by atoms with E-state index in [1.54, 1.807) is 18.0 Å². The van der Waals surface area contributed by atoms with Crippen LogP contribution in [-0.2, 0) is 4.79 Å². The number of piperazine rings is 1. The van der Waals surface area contributed by atoms with Crippen LogP contribution in [0.3, 0.4) is 0 Å². The second-order valence-corrected chi connectivity index (χ2v) is 7.13. The third kappa shape index (κ3) is 4.42. The van der Waals surface area contributed by atoms with Crippen molar-refractivity contribution in [2.45, 2.75) is 11.3 Å². The van der Waals surface area contributed by atoms with E-state index in [1.165, 1.54) is 0 Å². The Hall–Kier alpha value is -1.72. The van der Waals surface area contributed by atoms with E-state index in [9.17, 15) is 4.79 Å². The lowest BCUT2D eigenvalue weighted by molar-refractivity contribution is -0.131. The minimum Gasteiger partial charge on any atom is -0.353 e. The molecule has 1 aliphatic rings. The minimum atomic E-state index is 0.218. The zero-order valence-corrected chi connectivity index (χ0v) is 15.0. The van der Waals surface area contributed by atoms with E-state index in [0.29, 0.717) is 6.42 Å². The summed E-state index contributed by atoms with van der Waals surface area (Å²) in [6.45, 7) is 3.18. The van der Waals surface area contributed by atoms with Gasteiger partial charge in [0.1, 0.15) is 5.82 Å². The first-order valence-corrected chi connectivity index (χ1v) is 9.41. The quantitative estimate of drug-likeness (QED) is 0.763. The largest absolute Gasteiger partial charge is 0.353 e. The number of thioether (sulfide) groups is 1. The van der Waals surface area contributed by atoms with Crippen molar-refractivity contribution in [1.29, 1.82) is 0 Å². The molecule has 24 heavy (non-hydrogen) atoms. The predicted octanol–water partition coefficient (Wildman–Crippen LogP) is 3.57. The molecule has 1 saturated heterocycles. The van der Waals surface area contributed by atoms with Crippen LogP contribution >= 0.6 is 23.4 Å². The van der Waals surface area contributed by atoms with E-state index in [0.717, 1.165) is 47.7 Å². The minimum absolute atomic E-state index is 0.218. The van der Waals surface area contributed by atoms with E-state index in [-0.39, 0.29) is 5.91 Å². The number of halogens is 1. The van der Waals surface area contributed by atoms with Gasteiger partial charge in [-0.15, -0.1) is 11.8 Å². The molecule has 0 bridgehead atoms. The molecule has 0 N–H and O–H groups in total. The Labute approximate surface area is 151 Å². The van der Waals surface area contributed by atoms with Crippen molar-refractivity contribution in [3.05, 3.63) is 53.7 Å². The monoisotopic (exact) mass is 361 g/mol. The molecule has 0 aliphatic carbocycles. The number of anilines is 1. The topological polar surface area (TPSA) is 36.4 Å². The maximum atomic E-state index is 12.4. The lowest BCUT2D eigenvalue weighted by Crippen LogP contribution is -2.49. The average Bonchev–Trinajstić information content (AvgIpc) is 2.64. The fourth-order valence-corrected chi connectivity index (χ4v) is 3.87. The summed E-state index contributed by atoms with van der Waals surface area (Å²) in [6.07, 6.45) is 2.35. The molecule has 0 saturated carbocycles. The smallest absolute Gasteiger partial charge is 0.223 e. The number of carbonyl (C=O) groups is 1. The molecule has 3 rings (SSSR count). The average molecular weight is 362 g/mol. The number of aromatic nitrogens is 1. The second-order valence-electron chi connectivity index (χ2n) is 5.58. The molecule has 0 atom stereocenters. The molecule has 1 aromatic heterocycles. The first-order chi connectivity index (χ1) is 11.7. The third-order valence-electron chi connectivity index (χ3n) is 4.02. The fraction of sp³-hybridized carbons (Fsp3) is 0.333. The number of hydrogen-bond donors (Lipinski definition) is 0. The summed E-state index contributed by atoms with van der Waals surface area (Å²) in [5.41, 5.74) is 0. The van der Waals surface area contributed by atoms with E-state index in [1.807, 2.05) is 47.4 Å². The van der Waals surface area contributed by atoms with Gasteiger partial charge in [-0.05, 0) is 24.3 Å². The molecule has 126 valence electrons. The molecule has 2 aromatic rings. The highest BCUT2D eigenvalue weighted by Crippen LogP contribution is 2.27. The van der Waals surface area contributed by atoms with Crippen LogP contribution in [0.15, 0.2) is 53.6 Å². The van der Waals surface area contributed by atoms with Crippen LogP contribution in [-0.4, -0.2) is 47.7 Å². The molecule has 0 radical (unpaired) electrons. The van der Waals surface area contributed by atoms with Crippen LogP contribution in [0.1, 0.15) is 6.42 Å². The van der Waals surface area contributed by atoms with Crippen molar-refractivity contribution in [1.82, 2.24) is 9.88 Å². The maximum Gasteiger partial charge on any atom is 0.223 e. The highest BCUT2D eigenvalue weighted by atomic mass is 35.5. The van der Waals surface area contributed by atoms with Crippen molar-refractivity contribution in [2.75, 3.05) is 36.8 Å². The van der Waals surface area contributed by atoms with Crippen LogP contribution in [0.5, 0.6) is 0 Å². The van der Waals surface area contributed by atoms with Gasteiger partial charge in [-0.2, -0.15) is 0 Å². The van der Waals surface area contributed by atoms with Gasteiger partial charge in [0.2, 0.25) is 5.91 Å². The molecular weight excluding hydrogens is 342 g/mol. The van der Waals surface area contributed by atoms with E-state index >= 15 is 0 Å². The molecular formula is C18H20ClN3OS. The van der Waals surface area contributed by atoms with Crippen LogP contribution in [0, 0.1) is 0 Å². The number of pyridine rings is 1. The molecule has 6 heteroatoms. The van der Waals surface area contributed by atoms with Crippen molar-refractivity contribution in [2.24, 2.45) is 0 Å². The Morgan fingerprint density at radius 1 is 1.08 bits per heavy atom. The van der Waals surface area contributed by atoms with Gasteiger partial charge in [0, 0.05) is 49.4 Å². The molecule has 1 aliphatic heterocycles. The number of amides is 1. The Morgan fingerprint density at radius 3 is 2.54 bits per heavy atom. The predicted molar refractivity (Wildman–Crippen MR) is 99.8 cm³/mol. The first kappa shape index (κ1) is 17.1. The van der Waals surface area contributed by atoms with Crippen molar-refractivity contribution >= 4 is 35.1 Å². The van der Waals surface area contributed by atoms with Crippen molar-refractivity contribution in [3.8, 4) is 0 Å². The molecule has 0 spiro atoms. The normalized spacial score (nSPS) is 14.7. The standard InChI is InChI=1S/C18H20ClN3OS/c19-15-5-1-2-6-16(15)24-14-8-18(23)22-12-10-21(11-13-22)17-7-3-4-9-20-17/h1-7,9H,8,10-14H2. The summed E-state index contributed by atoms with van der Waals surface area (Å²) in [4.78, 5) is 21.9. The zero-order chi connectivity index (χ0) is 16.8. The van der Waals surface area contributed by atoms with Crippen LogP contribution in [0.2, 0.25) is 5.02 Å². The number of nitrogens with zero attached hydrogens (tertiary/aromatic N) is 3. The first-order valence-electron chi connectivity index (χ1n) is 8.05. The van der Waals surface area contributed by atoms with E-state index < -0.39 is 0 Å². The Bertz CT molecular complexity index is 675. The summed E-state index contributed by atoms with van der Waals surface area (Å²) < 4.78 is 0. The number of hydrogen-bond acceptors (Lipinski definition) is 4. The lowest BCUT2D eigenvalue weighted by Gasteiger charge is -2.35. The summed E-state index contributed by atoms with van der Waals surface area (Å²) in [6, 6.07) is 13.7. The van der Waals surface area contributed by atoms with Crippen molar-refractivity contribution < 1.29 is 4.79 Å². The molecule has 0 unspecified atom stereocenters. The van der Waals surface area contributed by atoms with Gasteiger partial charge < -0.3 is 9.80 Å². The van der Waals surface area contributed by atoms with Gasteiger partial charge in [0.25, 0.3) is 0 Å². The SMILES string of the molecule is O=C(CCSc1ccccc1Cl)N1CCN(c2ccccn2)CC1. The Kier molecular flexibility index (Phi) is 5.99. The summed E-state index contributed by atoms with van der Waals surface area (Å²) >= 11 is 7.77. The second kappa shape index (κ2) is 8.40. The van der Waals surface area contributed by atoms with Gasteiger partial charge in [0.05, 0.1) is 5.02 Å². The number of carbonyl (C=O) groups excluding carboxylic acids is 1. The molecule has 1 aromatic carbocycles. The number of benzene rings is 1. The van der Waals surface area contributed by atoms with Gasteiger partial charge in [-0.1, -0.05) is 29.8 Å². The zero-order valence-electron chi connectivity index (χ0n) is 13.4. The van der Waals surface area contributed by atoms with Gasteiger partial charge in [0.15, 0.2) is 0 Å². The summed E-state index contributed by atoms with van der Waals surface area (Å²) in [5.74, 6) is 1.96. The van der Waals surface area contributed by atoms with Crippen LogP contribution < -0.4 is 4.90 Å². The molecule has 4 nitrogen and oxygen atoms in total. The Morgan fingerprint density at radius 2 is 1.83 bits per heavy atom.